The summed E-state index contributed by atoms with van der Waals surface area (Å²) in [7, 11) is 2.25. The Morgan fingerprint density at radius 3 is 2.50 bits per heavy atom. The molecule has 2 fully saturated rings. The lowest BCUT2D eigenvalue weighted by Gasteiger charge is -2.52. The van der Waals surface area contributed by atoms with Crippen molar-refractivity contribution >= 4 is 0 Å². The maximum Gasteiger partial charge on any atom is 0.0461 e. The fourth-order valence-corrected chi connectivity index (χ4v) is 4.23. The molecule has 0 spiro atoms. The Labute approximate surface area is 113 Å². The van der Waals surface area contributed by atoms with Gasteiger partial charge in [-0.1, -0.05) is 26.2 Å². The van der Waals surface area contributed by atoms with E-state index < -0.39 is 0 Å². The van der Waals surface area contributed by atoms with Crippen molar-refractivity contribution in [2.24, 2.45) is 5.73 Å². The van der Waals surface area contributed by atoms with Gasteiger partial charge in [0.1, 0.15) is 0 Å². The summed E-state index contributed by atoms with van der Waals surface area (Å²) in [5.41, 5.74) is 6.47. The summed E-state index contributed by atoms with van der Waals surface area (Å²) >= 11 is 0. The van der Waals surface area contributed by atoms with Crippen LogP contribution < -0.4 is 5.73 Å². The van der Waals surface area contributed by atoms with Crippen LogP contribution in [-0.2, 0) is 0 Å². The molecular weight excluding hydrogens is 222 g/mol. The van der Waals surface area contributed by atoms with Gasteiger partial charge in [-0.2, -0.15) is 0 Å². The van der Waals surface area contributed by atoms with Gasteiger partial charge in [0.2, 0.25) is 0 Å². The van der Waals surface area contributed by atoms with E-state index in [1.165, 1.54) is 51.5 Å². The Morgan fingerprint density at radius 1 is 1.22 bits per heavy atom. The van der Waals surface area contributed by atoms with Crippen LogP contribution in [0.15, 0.2) is 0 Å². The van der Waals surface area contributed by atoms with Gasteiger partial charge in [0.25, 0.3) is 0 Å². The highest BCUT2D eigenvalue weighted by molar-refractivity contribution is 4.99. The van der Waals surface area contributed by atoms with Gasteiger partial charge in [0.15, 0.2) is 0 Å². The van der Waals surface area contributed by atoms with E-state index in [0.717, 1.165) is 25.7 Å². The topological polar surface area (TPSA) is 32.5 Å². The number of hydrogen-bond donors (Lipinski definition) is 1. The fraction of sp³-hybridized carbons (Fsp3) is 1.00. The van der Waals surface area contributed by atoms with Crippen LogP contribution in [-0.4, -0.2) is 54.6 Å². The van der Waals surface area contributed by atoms with Crippen LogP contribution >= 0.6 is 0 Å². The first-order valence-corrected chi connectivity index (χ1v) is 7.87. The molecule has 1 unspecified atom stereocenters. The molecule has 0 aromatic carbocycles. The molecule has 2 rings (SSSR count). The smallest absolute Gasteiger partial charge is 0.0461 e. The lowest BCUT2D eigenvalue weighted by Crippen LogP contribution is -2.64. The molecule has 0 aromatic heterocycles. The molecule has 0 aromatic rings. The first kappa shape index (κ1) is 14.3. The zero-order chi connectivity index (χ0) is 13.0. The highest BCUT2D eigenvalue weighted by Gasteiger charge is 2.41. The highest BCUT2D eigenvalue weighted by atomic mass is 15.3. The monoisotopic (exact) mass is 253 g/mol. The zero-order valence-electron chi connectivity index (χ0n) is 12.3. The van der Waals surface area contributed by atoms with Crippen molar-refractivity contribution in [3.63, 3.8) is 0 Å². The predicted molar refractivity (Wildman–Crippen MR) is 77.8 cm³/mol. The Balaban J connectivity index is 2.11. The van der Waals surface area contributed by atoms with E-state index in [4.69, 9.17) is 5.73 Å². The molecule has 2 aliphatic rings. The molecule has 3 nitrogen and oxygen atoms in total. The second-order valence-electron chi connectivity index (χ2n) is 6.35. The lowest BCUT2D eigenvalue weighted by molar-refractivity contribution is -0.0118. The molecule has 1 heterocycles. The van der Waals surface area contributed by atoms with Gasteiger partial charge in [-0.3, -0.25) is 4.90 Å². The molecule has 1 saturated heterocycles. The minimum atomic E-state index is 0.254. The number of likely N-dealkylation sites (tertiary alicyclic amines) is 1. The molecule has 1 aliphatic heterocycles. The van der Waals surface area contributed by atoms with E-state index >= 15 is 0 Å². The lowest BCUT2D eigenvalue weighted by atomic mass is 9.83. The van der Waals surface area contributed by atoms with E-state index in [1.54, 1.807) is 0 Å². The first-order chi connectivity index (χ1) is 8.72. The Kier molecular flexibility index (Phi) is 5.05. The zero-order valence-corrected chi connectivity index (χ0v) is 12.3. The van der Waals surface area contributed by atoms with Crippen LogP contribution in [0.4, 0.5) is 0 Å². The van der Waals surface area contributed by atoms with Gasteiger partial charge >= 0.3 is 0 Å². The molecule has 106 valence electrons. The summed E-state index contributed by atoms with van der Waals surface area (Å²) in [5.74, 6) is 0. The molecule has 2 N–H and O–H groups in total. The molecular formula is C15H31N3. The third-order valence-electron chi connectivity index (χ3n) is 5.09. The quantitative estimate of drug-likeness (QED) is 0.832. The fourth-order valence-electron chi connectivity index (χ4n) is 4.23. The van der Waals surface area contributed by atoms with E-state index in [0.29, 0.717) is 0 Å². The number of rotatable bonds is 4. The largest absolute Gasteiger partial charge is 0.329 e. The van der Waals surface area contributed by atoms with Crippen molar-refractivity contribution in [1.29, 1.82) is 0 Å². The number of nitrogens with two attached hydrogens (primary N) is 1. The average molecular weight is 253 g/mol. The average Bonchev–Trinajstić information content (AvgIpc) is 2.41. The van der Waals surface area contributed by atoms with Gasteiger partial charge in [0.05, 0.1) is 0 Å². The second kappa shape index (κ2) is 6.36. The minimum Gasteiger partial charge on any atom is -0.329 e. The maximum absolute atomic E-state index is 6.22. The van der Waals surface area contributed by atoms with E-state index in [2.05, 4.69) is 23.8 Å². The highest BCUT2D eigenvalue weighted by Crippen LogP contribution is 2.33. The van der Waals surface area contributed by atoms with E-state index in [9.17, 15) is 0 Å². The van der Waals surface area contributed by atoms with Crippen LogP contribution in [0, 0.1) is 0 Å². The standard InChI is InChI=1S/C15H31N3/c1-3-18(14-8-5-4-6-9-14)15(12-16)10-7-11-17(2)13-15/h14H,3-13,16H2,1-2H3. The summed E-state index contributed by atoms with van der Waals surface area (Å²) in [5, 5.41) is 0. The normalized spacial score (nSPS) is 32.0. The maximum atomic E-state index is 6.22. The van der Waals surface area contributed by atoms with Crippen LogP contribution in [0.25, 0.3) is 0 Å². The Bertz CT molecular complexity index is 250. The summed E-state index contributed by atoms with van der Waals surface area (Å²) < 4.78 is 0. The first-order valence-electron chi connectivity index (χ1n) is 7.87. The number of likely N-dealkylation sites (N-methyl/N-ethyl adjacent to an activating group) is 2. The molecule has 1 aliphatic carbocycles. The van der Waals surface area contributed by atoms with E-state index in [1.807, 2.05) is 0 Å². The molecule has 1 saturated carbocycles. The molecule has 0 bridgehead atoms. The van der Waals surface area contributed by atoms with Crippen LogP contribution in [0.1, 0.15) is 51.9 Å². The summed E-state index contributed by atoms with van der Waals surface area (Å²) in [6, 6.07) is 0.791. The summed E-state index contributed by atoms with van der Waals surface area (Å²) in [6.07, 6.45) is 9.63. The third kappa shape index (κ3) is 2.89. The van der Waals surface area contributed by atoms with Crippen molar-refractivity contribution in [2.75, 3.05) is 33.2 Å². The number of hydrogen-bond acceptors (Lipinski definition) is 3. The van der Waals surface area contributed by atoms with Gasteiger partial charge in [-0.15, -0.1) is 0 Å². The summed E-state index contributed by atoms with van der Waals surface area (Å²) in [4.78, 5) is 5.24. The molecule has 3 heteroatoms. The summed E-state index contributed by atoms with van der Waals surface area (Å²) in [6.45, 7) is 6.70. The Hall–Kier alpha value is -0.120. The van der Waals surface area contributed by atoms with Crippen molar-refractivity contribution in [3.05, 3.63) is 0 Å². The van der Waals surface area contributed by atoms with Crippen LogP contribution in [0.2, 0.25) is 0 Å². The van der Waals surface area contributed by atoms with Gasteiger partial charge in [-0.25, -0.2) is 0 Å². The third-order valence-corrected chi connectivity index (χ3v) is 5.09. The predicted octanol–water partition coefficient (Wildman–Crippen LogP) is 2.06. The van der Waals surface area contributed by atoms with Gasteiger partial charge in [-0.05, 0) is 45.8 Å². The van der Waals surface area contributed by atoms with Gasteiger partial charge in [0, 0.05) is 24.7 Å². The van der Waals surface area contributed by atoms with Crippen LogP contribution in [0.3, 0.4) is 0 Å². The molecule has 0 radical (unpaired) electrons. The molecule has 0 amide bonds. The number of piperidine rings is 1. The Morgan fingerprint density at radius 2 is 1.94 bits per heavy atom. The SMILES string of the molecule is CCN(C1CCCCC1)C1(CN)CCCN(C)C1. The van der Waals surface area contributed by atoms with Crippen molar-refractivity contribution < 1.29 is 0 Å². The second-order valence-corrected chi connectivity index (χ2v) is 6.35. The minimum absolute atomic E-state index is 0.254. The van der Waals surface area contributed by atoms with E-state index in [-0.39, 0.29) is 5.54 Å². The molecule has 1 atom stereocenters. The van der Waals surface area contributed by atoms with Crippen molar-refractivity contribution in [1.82, 2.24) is 9.80 Å². The van der Waals surface area contributed by atoms with Crippen molar-refractivity contribution in [3.8, 4) is 0 Å². The van der Waals surface area contributed by atoms with Gasteiger partial charge < -0.3 is 10.6 Å². The number of nitrogens with zero attached hydrogens (tertiary/aromatic N) is 2. The van der Waals surface area contributed by atoms with Crippen LogP contribution in [0.5, 0.6) is 0 Å². The molecule has 18 heavy (non-hydrogen) atoms. The van der Waals surface area contributed by atoms with Crippen molar-refractivity contribution in [2.45, 2.75) is 63.5 Å².